The molecule has 0 fully saturated rings. The van der Waals surface area contributed by atoms with E-state index in [0.717, 1.165) is 28.4 Å². The molecule has 6 nitrogen and oxygen atoms in total. The van der Waals surface area contributed by atoms with Gasteiger partial charge in [-0.3, -0.25) is 4.79 Å². The van der Waals surface area contributed by atoms with Crippen LogP contribution in [0.4, 0.5) is 5.69 Å². The summed E-state index contributed by atoms with van der Waals surface area (Å²) in [6.45, 7) is 0. The lowest BCUT2D eigenvalue weighted by Crippen LogP contribution is -2.14. The summed E-state index contributed by atoms with van der Waals surface area (Å²) >= 11 is 6.50. The molecule has 0 aliphatic heterocycles. The molecule has 0 bridgehead atoms. The van der Waals surface area contributed by atoms with Gasteiger partial charge in [-0.2, -0.15) is 0 Å². The molecular formula is C29H23ClN2O4S. The van der Waals surface area contributed by atoms with Gasteiger partial charge in [0.1, 0.15) is 5.75 Å². The molecule has 1 aromatic heterocycles. The Hall–Kier alpha value is -4.07. The molecule has 5 aromatic rings. The number of amides is 1. The number of aromatic amines is 1. The number of sulfone groups is 1. The molecule has 5 rings (SSSR count). The second-order valence-electron chi connectivity index (χ2n) is 8.63. The fraction of sp³-hybridized carbons (Fsp3) is 0.0690. The first-order valence-electron chi connectivity index (χ1n) is 11.4. The van der Waals surface area contributed by atoms with Crippen molar-refractivity contribution in [3.8, 4) is 28.1 Å². The molecule has 8 heteroatoms. The average molecular weight is 531 g/mol. The highest BCUT2D eigenvalue weighted by atomic mass is 35.5. The smallest absolute Gasteiger partial charge is 0.256 e. The maximum absolute atomic E-state index is 13.4. The van der Waals surface area contributed by atoms with Gasteiger partial charge >= 0.3 is 0 Å². The van der Waals surface area contributed by atoms with Gasteiger partial charge in [-0.1, -0.05) is 41.9 Å². The predicted octanol–water partition coefficient (Wildman–Crippen LogP) is 6.82. The van der Waals surface area contributed by atoms with E-state index in [2.05, 4.69) is 10.3 Å². The summed E-state index contributed by atoms with van der Waals surface area (Å²) in [5.41, 5.74) is 4.63. The van der Waals surface area contributed by atoms with Crippen LogP contribution >= 0.6 is 11.6 Å². The zero-order valence-corrected chi connectivity index (χ0v) is 21.7. The summed E-state index contributed by atoms with van der Waals surface area (Å²) in [6.07, 6.45) is 1.14. The van der Waals surface area contributed by atoms with Crippen LogP contribution in [0.1, 0.15) is 10.4 Å². The molecular weight excluding hydrogens is 508 g/mol. The number of halogens is 1. The quantitative estimate of drug-likeness (QED) is 0.252. The normalized spacial score (nSPS) is 11.4. The SMILES string of the molecule is COc1ccc(-c2cc(S(C)(=O)=O)ccc2C(=O)Nc2ccc(Cl)c(-c3cc4ccccc4[nH]3)c2)cc1. The topological polar surface area (TPSA) is 88.3 Å². The van der Waals surface area contributed by atoms with Gasteiger partial charge in [0, 0.05) is 39.7 Å². The number of H-pyrrole nitrogens is 1. The fourth-order valence-corrected chi connectivity index (χ4v) is 5.05. The Labute approximate surface area is 219 Å². The second kappa shape index (κ2) is 9.76. The molecule has 0 saturated heterocycles. The summed E-state index contributed by atoms with van der Waals surface area (Å²) in [5, 5.41) is 4.53. The number of aromatic nitrogens is 1. The van der Waals surface area contributed by atoms with Crippen LogP contribution in [0.15, 0.2) is 95.9 Å². The zero-order chi connectivity index (χ0) is 26.2. The Morgan fingerprint density at radius 1 is 0.892 bits per heavy atom. The van der Waals surface area contributed by atoms with Crippen molar-refractivity contribution in [2.45, 2.75) is 4.90 Å². The van der Waals surface area contributed by atoms with Crippen LogP contribution in [-0.2, 0) is 9.84 Å². The summed E-state index contributed by atoms with van der Waals surface area (Å²) in [5.74, 6) is 0.274. The molecule has 0 unspecified atom stereocenters. The predicted molar refractivity (Wildman–Crippen MR) is 148 cm³/mol. The number of hydrogen-bond acceptors (Lipinski definition) is 4. The van der Waals surface area contributed by atoms with E-state index in [1.54, 1.807) is 43.5 Å². The van der Waals surface area contributed by atoms with E-state index in [4.69, 9.17) is 16.3 Å². The highest BCUT2D eigenvalue weighted by molar-refractivity contribution is 7.90. The lowest BCUT2D eigenvalue weighted by atomic mass is 9.99. The molecule has 0 atom stereocenters. The lowest BCUT2D eigenvalue weighted by Gasteiger charge is -2.14. The van der Waals surface area contributed by atoms with Crippen molar-refractivity contribution < 1.29 is 17.9 Å². The Balaban J connectivity index is 1.52. The van der Waals surface area contributed by atoms with Gasteiger partial charge in [0.05, 0.1) is 17.0 Å². The van der Waals surface area contributed by atoms with Crippen molar-refractivity contribution in [3.63, 3.8) is 0 Å². The number of fused-ring (bicyclic) bond motifs is 1. The molecule has 4 aromatic carbocycles. The van der Waals surface area contributed by atoms with Crippen LogP contribution in [0.3, 0.4) is 0 Å². The minimum absolute atomic E-state index is 0.127. The van der Waals surface area contributed by atoms with Gasteiger partial charge in [-0.25, -0.2) is 8.42 Å². The van der Waals surface area contributed by atoms with Crippen LogP contribution in [0, 0.1) is 0 Å². The summed E-state index contributed by atoms with van der Waals surface area (Å²) < 4.78 is 29.7. The van der Waals surface area contributed by atoms with Crippen molar-refractivity contribution in [3.05, 3.63) is 102 Å². The third-order valence-corrected chi connectivity index (χ3v) is 7.55. The highest BCUT2D eigenvalue weighted by Crippen LogP contribution is 2.33. The van der Waals surface area contributed by atoms with E-state index < -0.39 is 9.84 Å². The molecule has 0 radical (unpaired) electrons. The molecule has 0 spiro atoms. The van der Waals surface area contributed by atoms with Crippen molar-refractivity contribution in [2.24, 2.45) is 0 Å². The molecule has 186 valence electrons. The number of carbonyl (C=O) groups excluding carboxylic acids is 1. The van der Waals surface area contributed by atoms with Crippen LogP contribution in [0.5, 0.6) is 5.75 Å². The Kier molecular flexibility index (Phi) is 6.50. The molecule has 0 saturated carbocycles. The Bertz CT molecular complexity index is 1710. The molecule has 1 amide bonds. The van der Waals surface area contributed by atoms with Gasteiger partial charge in [-0.05, 0) is 71.8 Å². The molecule has 1 heterocycles. The van der Waals surface area contributed by atoms with Gasteiger partial charge < -0.3 is 15.0 Å². The standard InChI is InChI=1S/C29H23ClN2O4S/c1-36-21-10-7-18(8-11-21)24-17-22(37(2,34)35)12-13-23(24)29(33)31-20-9-14-26(30)25(16-20)28-15-19-5-3-4-6-27(19)32-28/h3-17,32H,1-2H3,(H,31,33). The van der Waals surface area contributed by atoms with E-state index in [1.165, 1.54) is 18.2 Å². The number of nitrogens with one attached hydrogen (secondary N) is 2. The first-order valence-corrected chi connectivity index (χ1v) is 13.7. The van der Waals surface area contributed by atoms with Gasteiger partial charge in [-0.15, -0.1) is 0 Å². The highest BCUT2D eigenvalue weighted by Gasteiger charge is 2.18. The minimum atomic E-state index is -3.47. The van der Waals surface area contributed by atoms with E-state index in [1.807, 2.05) is 36.4 Å². The number of ether oxygens (including phenoxy) is 1. The van der Waals surface area contributed by atoms with Crippen molar-refractivity contribution in [1.29, 1.82) is 0 Å². The maximum atomic E-state index is 13.4. The maximum Gasteiger partial charge on any atom is 0.256 e. The Morgan fingerprint density at radius 3 is 2.35 bits per heavy atom. The van der Waals surface area contributed by atoms with E-state index in [0.29, 0.717) is 33.1 Å². The number of rotatable bonds is 6. The molecule has 0 aliphatic carbocycles. The first kappa shape index (κ1) is 24.6. The van der Waals surface area contributed by atoms with Gasteiger partial charge in [0.2, 0.25) is 0 Å². The largest absolute Gasteiger partial charge is 0.497 e. The second-order valence-corrected chi connectivity index (χ2v) is 11.1. The van der Waals surface area contributed by atoms with Crippen LogP contribution in [0.25, 0.3) is 33.3 Å². The van der Waals surface area contributed by atoms with Crippen LogP contribution in [-0.4, -0.2) is 32.7 Å². The third-order valence-electron chi connectivity index (χ3n) is 6.11. The van der Waals surface area contributed by atoms with Crippen molar-refractivity contribution >= 4 is 43.9 Å². The lowest BCUT2D eigenvalue weighted by molar-refractivity contribution is 0.102. The first-order chi connectivity index (χ1) is 17.7. The minimum Gasteiger partial charge on any atom is -0.497 e. The number of benzene rings is 4. The van der Waals surface area contributed by atoms with Gasteiger partial charge in [0.15, 0.2) is 9.84 Å². The van der Waals surface area contributed by atoms with Crippen molar-refractivity contribution in [2.75, 3.05) is 18.7 Å². The van der Waals surface area contributed by atoms with Crippen LogP contribution < -0.4 is 10.1 Å². The number of anilines is 1. The number of carbonyl (C=O) groups is 1. The number of methoxy groups -OCH3 is 1. The summed E-state index contributed by atoms with van der Waals surface area (Å²) in [7, 11) is -1.91. The number of para-hydroxylation sites is 1. The summed E-state index contributed by atoms with van der Waals surface area (Å²) in [6, 6.07) is 26.8. The zero-order valence-electron chi connectivity index (χ0n) is 20.1. The van der Waals surface area contributed by atoms with E-state index >= 15 is 0 Å². The van der Waals surface area contributed by atoms with Gasteiger partial charge in [0.25, 0.3) is 5.91 Å². The van der Waals surface area contributed by atoms with E-state index in [9.17, 15) is 13.2 Å². The number of hydrogen-bond donors (Lipinski definition) is 2. The monoisotopic (exact) mass is 530 g/mol. The summed E-state index contributed by atoms with van der Waals surface area (Å²) in [4.78, 5) is 16.9. The van der Waals surface area contributed by atoms with E-state index in [-0.39, 0.29) is 10.8 Å². The van der Waals surface area contributed by atoms with Crippen LogP contribution in [0.2, 0.25) is 5.02 Å². The molecule has 37 heavy (non-hydrogen) atoms. The molecule has 2 N–H and O–H groups in total. The molecule has 0 aliphatic rings. The van der Waals surface area contributed by atoms with Crippen molar-refractivity contribution in [1.82, 2.24) is 4.98 Å². The third kappa shape index (κ3) is 5.09. The average Bonchev–Trinajstić information content (AvgIpc) is 3.33. The Morgan fingerprint density at radius 2 is 1.65 bits per heavy atom. The fourth-order valence-electron chi connectivity index (χ4n) is 4.19.